The van der Waals surface area contributed by atoms with E-state index in [0.717, 1.165) is 39.9 Å². The number of rotatable bonds is 9. The van der Waals surface area contributed by atoms with Crippen molar-refractivity contribution in [2.45, 2.75) is 26.2 Å². The van der Waals surface area contributed by atoms with E-state index in [0.29, 0.717) is 6.67 Å². The molecule has 0 bridgehead atoms. The van der Waals surface area contributed by atoms with E-state index < -0.39 is 13.3 Å². The molecule has 0 N–H and O–H groups in total. The summed E-state index contributed by atoms with van der Waals surface area (Å²) in [5.74, 6) is 2.50. The molecule has 2 aliphatic heterocycles. The molecule has 336 valence electrons. The monoisotopic (exact) mass is 964 g/mol. The summed E-state index contributed by atoms with van der Waals surface area (Å²) in [5, 5.41) is 2.64. The van der Waals surface area contributed by atoms with Gasteiger partial charge >= 0.3 is 324 Å². The molecule has 0 aliphatic carbocycles. The summed E-state index contributed by atoms with van der Waals surface area (Å²) in [5.41, 5.74) is 12.8. The molecule has 4 heterocycles. The van der Waals surface area contributed by atoms with Crippen molar-refractivity contribution in [1.29, 1.82) is 0 Å². The van der Waals surface area contributed by atoms with Crippen molar-refractivity contribution in [3.63, 3.8) is 0 Å². The van der Waals surface area contributed by atoms with Crippen LogP contribution in [0.25, 0.3) is 49.9 Å². The van der Waals surface area contributed by atoms with Gasteiger partial charge in [-0.25, -0.2) is 0 Å². The Bertz CT molecular complexity index is 3670. The molecule has 0 radical (unpaired) electrons. The molecule has 70 heavy (non-hydrogen) atoms. The first kappa shape index (κ1) is 42.0. The zero-order valence-corrected chi connectivity index (χ0v) is 41.5. The number of nitrogens with zero attached hydrogens (tertiary/aromatic N) is 4. The summed E-state index contributed by atoms with van der Waals surface area (Å²) in [6, 6.07) is 84.2. The maximum atomic E-state index is 7.25. The first-order chi connectivity index (χ1) is 34.4. The second-order valence-corrected chi connectivity index (χ2v) is 27.4. The fourth-order valence-electron chi connectivity index (χ4n) is 11.4. The van der Waals surface area contributed by atoms with Gasteiger partial charge in [0.25, 0.3) is 0 Å². The first-order valence-electron chi connectivity index (χ1n) is 24.2. The van der Waals surface area contributed by atoms with Crippen LogP contribution in [0, 0.1) is 0 Å². The van der Waals surface area contributed by atoms with Gasteiger partial charge in [-0.1, -0.05) is 78.9 Å². The van der Waals surface area contributed by atoms with E-state index in [1.807, 2.05) is 6.20 Å². The SMILES string of the molecule is CC(C)(C)c1ccnc(-n2c3ccc[c]4c3c3[c](cc(Oc5cccc(N6CN(c7c(-c8ccccc8)cccc7-c7ccccc7)c7ccccc76)c5)cc32)[Ge]4([c]2ccccc2)[c]2ccccc2)c1. The summed E-state index contributed by atoms with van der Waals surface area (Å²) >= 11 is -3.64. The van der Waals surface area contributed by atoms with Crippen LogP contribution in [-0.4, -0.2) is 29.5 Å². The molecule has 2 aliphatic rings. The second-order valence-electron chi connectivity index (χ2n) is 19.6. The van der Waals surface area contributed by atoms with Crippen LogP contribution in [0.3, 0.4) is 0 Å². The van der Waals surface area contributed by atoms with Gasteiger partial charge in [0, 0.05) is 0 Å². The van der Waals surface area contributed by atoms with Gasteiger partial charge in [-0.2, -0.15) is 0 Å². The Morgan fingerprint density at radius 1 is 0.471 bits per heavy atom. The van der Waals surface area contributed by atoms with Crippen molar-refractivity contribution >= 4 is 75.4 Å². The van der Waals surface area contributed by atoms with Crippen molar-refractivity contribution in [1.82, 2.24) is 9.55 Å². The molecule has 2 aromatic heterocycles. The van der Waals surface area contributed by atoms with Crippen LogP contribution in [0.5, 0.6) is 11.5 Å². The number of hydrogen-bond donors (Lipinski definition) is 0. The van der Waals surface area contributed by atoms with Crippen LogP contribution in [0.15, 0.2) is 237 Å². The van der Waals surface area contributed by atoms with Crippen LogP contribution >= 0.6 is 0 Å². The Labute approximate surface area is 411 Å². The first-order valence-corrected chi connectivity index (χ1v) is 28.4. The van der Waals surface area contributed by atoms with Crippen LogP contribution in [-0.2, 0) is 5.41 Å². The normalized spacial score (nSPS) is 13.6. The summed E-state index contributed by atoms with van der Waals surface area (Å²) in [7, 11) is 0. The Morgan fingerprint density at radius 3 is 1.69 bits per heavy atom. The Hall–Kier alpha value is -8.13. The number of para-hydroxylation sites is 3. The van der Waals surface area contributed by atoms with Crippen molar-refractivity contribution in [2.75, 3.05) is 16.5 Å². The molecule has 11 aromatic rings. The third kappa shape index (κ3) is 6.63. The van der Waals surface area contributed by atoms with Gasteiger partial charge in [0.05, 0.1) is 0 Å². The minimum atomic E-state index is -3.64. The van der Waals surface area contributed by atoms with Gasteiger partial charge in [0.2, 0.25) is 0 Å². The fourth-order valence-corrected chi connectivity index (χ4v) is 22.3. The molecular formula is C64H50GeN4O. The third-order valence-electron chi connectivity index (χ3n) is 14.5. The molecule has 0 amide bonds. The number of anilines is 4. The second kappa shape index (κ2) is 16.5. The third-order valence-corrected chi connectivity index (χ3v) is 24.6. The summed E-state index contributed by atoms with van der Waals surface area (Å²) in [6.07, 6.45) is 1.96. The fraction of sp³-hybridized carbons (Fsp3) is 0.0781. The molecular weight excluding hydrogens is 913 g/mol. The molecule has 0 spiro atoms. The number of benzene rings is 9. The molecule has 13 rings (SSSR count). The molecule has 0 saturated carbocycles. The Morgan fingerprint density at radius 2 is 1.04 bits per heavy atom. The van der Waals surface area contributed by atoms with E-state index in [1.165, 1.54) is 67.4 Å². The van der Waals surface area contributed by atoms with Gasteiger partial charge in [0.1, 0.15) is 0 Å². The van der Waals surface area contributed by atoms with Crippen LogP contribution < -0.4 is 32.1 Å². The summed E-state index contributed by atoms with van der Waals surface area (Å²) in [4.78, 5) is 9.99. The van der Waals surface area contributed by atoms with E-state index in [-0.39, 0.29) is 5.41 Å². The van der Waals surface area contributed by atoms with Crippen LogP contribution in [0.2, 0.25) is 0 Å². The number of fused-ring (bicyclic) bond motifs is 1. The van der Waals surface area contributed by atoms with Crippen molar-refractivity contribution < 1.29 is 4.74 Å². The topological polar surface area (TPSA) is 33.5 Å². The number of ether oxygens (including phenoxy) is 1. The molecule has 9 aromatic carbocycles. The van der Waals surface area contributed by atoms with Gasteiger partial charge in [-0.05, 0) is 11.1 Å². The van der Waals surface area contributed by atoms with Gasteiger partial charge < -0.3 is 0 Å². The van der Waals surface area contributed by atoms with E-state index in [2.05, 4.69) is 266 Å². The Balaban J connectivity index is 0.966. The molecule has 5 nitrogen and oxygen atoms in total. The predicted molar refractivity (Wildman–Crippen MR) is 294 cm³/mol. The van der Waals surface area contributed by atoms with E-state index >= 15 is 0 Å². The van der Waals surface area contributed by atoms with E-state index in [1.54, 1.807) is 0 Å². The predicted octanol–water partition coefficient (Wildman–Crippen LogP) is 13.5. The van der Waals surface area contributed by atoms with Crippen LogP contribution in [0.1, 0.15) is 26.3 Å². The van der Waals surface area contributed by atoms with Crippen molar-refractivity contribution in [2.24, 2.45) is 0 Å². The van der Waals surface area contributed by atoms with Crippen molar-refractivity contribution in [3.05, 3.63) is 242 Å². The average Bonchev–Trinajstić information content (AvgIpc) is 4.07. The van der Waals surface area contributed by atoms with Gasteiger partial charge in [-0.15, -0.1) is 0 Å². The number of pyridine rings is 1. The Kier molecular flexibility index (Phi) is 9.92. The van der Waals surface area contributed by atoms with E-state index in [4.69, 9.17) is 9.72 Å². The average molecular weight is 964 g/mol. The van der Waals surface area contributed by atoms with Gasteiger partial charge in [-0.3, -0.25) is 0 Å². The zero-order valence-electron chi connectivity index (χ0n) is 39.4. The molecule has 0 atom stereocenters. The van der Waals surface area contributed by atoms with Crippen molar-refractivity contribution in [3.8, 4) is 39.6 Å². The van der Waals surface area contributed by atoms with Gasteiger partial charge in [0.15, 0.2) is 0 Å². The molecule has 0 saturated heterocycles. The zero-order chi connectivity index (χ0) is 47.0. The molecule has 0 unspecified atom stereocenters. The quantitative estimate of drug-likeness (QED) is 0.135. The molecule has 0 fully saturated rings. The minimum absolute atomic E-state index is 0.0451. The van der Waals surface area contributed by atoms with E-state index in [9.17, 15) is 0 Å². The maximum absolute atomic E-state index is 7.25. The molecule has 6 heteroatoms. The number of aromatic nitrogens is 2. The number of hydrogen-bond acceptors (Lipinski definition) is 4. The van der Waals surface area contributed by atoms with Crippen LogP contribution in [0.4, 0.5) is 22.7 Å². The standard InChI is InChI=1S/C64H50GeN4O/c1-64(2,3)46-37-38-66-60(39-46)69-58-36-20-33-54-61(58)62-55(65(54,47-25-12-6-13-26-47)48-27-14-7-15-28-48)41-51(42-59(62)69)70-50-30-18-29-49(40-50)67-43-68(57-35-17-16-34-56(57)67)63-52(44-21-8-4-9-22-44)31-19-32-53(63)45-23-10-5-11-24-45/h4-42H,43H2,1-3H3. The summed E-state index contributed by atoms with van der Waals surface area (Å²) in [6.45, 7) is 7.42. The summed E-state index contributed by atoms with van der Waals surface area (Å²) < 4.78 is 15.3.